The van der Waals surface area contributed by atoms with Crippen molar-refractivity contribution >= 4 is 34.6 Å². The highest BCUT2D eigenvalue weighted by molar-refractivity contribution is 7.98. The molecule has 0 aliphatic rings. The number of hydrogen-bond acceptors (Lipinski definition) is 5. The number of rotatable bonds is 6. The van der Waals surface area contributed by atoms with Gasteiger partial charge in [-0.25, -0.2) is 14.1 Å². The van der Waals surface area contributed by atoms with E-state index in [4.69, 9.17) is 0 Å². The lowest BCUT2D eigenvalue weighted by Gasteiger charge is -2.07. The van der Waals surface area contributed by atoms with Gasteiger partial charge in [-0.3, -0.25) is 20.4 Å². The molecule has 0 aliphatic carbocycles. The number of hydrogen-bond donors (Lipinski definition) is 3. The molecule has 174 valence electrons. The fourth-order valence-corrected chi connectivity index (χ4v) is 4.20. The van der Waals surface area contributed by atoms with Crippen molar-refractivity contribution in [1.29, 1.82) is 0 Å². The molecule has 0 saturated carbocycles. The van der Waals surface area contributed by atoms with E-state index < -0.39 is 17.6 Å². The summed E-state index contributed by atoms with van der Waals surface area (Å²) in [6.45, 7) is 0. The van der Waals surface area contributed by atoms with Crippen molar-refractivity contribution < 1.29 is 14.0 Å². The van der Waals surface area contributed by atoms with Crippen LogP contribution in [0.25, 0.3) is 16.7 Å². The molecule has 3 aromatic carbocycles. The van der Waals surface area contributed by atoms with Crippen LogP contribution in [0.2, 0.25) is 0 Å². The van der Waals surface area contributed by atoms with Crippen molar-refractivity contribution in [3.8, 4) is 5.69 Å². The number of nitrogens with zero attached hydrogens (tertiary/aromatic N) is 3. The van der Waals surface area contributed by atoms with Gasteiger partial charge in [-0.05, 0) is 54.1 Å². The van der Waals surface area contributed by atoms with Crippen molar-refractivity contribution in [3.05, 3.63) is 108 Å². The van der Waals surface area contributed by atoms with Gasteiger partial charge in [-0.1, -0.05) is 42.1 Å². The number of halogens is 1. The first-order valence-corrected chi connectivity index (χ1v) is 11.6. The summed E-state index contributed by atoms with van der Waals surface area (Å²) >= 11 is 1.57. The summed E-state index contributed by atoms with van der Waals surface area (Å²) in [6.07, 6.45) is 1.54. The van der Waals surface area contributed by atoms with Gasteiger partial charge in [-0.15, -0.1) is 0 Å². The predicted octanol–water partition coefficient (Wildman–Crippen LogP) is 4.25. The average Bonchev–Trinajstić information content (AvgIpc) is 3.53. The Hall–Kier alpha value is -4.44. The maximum absolute atomic E-state index is 13.4. The molecule has 0 spiro atoms. The number of H-pyrrole nitrogens is 1. The second-order valence-corrected chi connectivity index (χ2v) is 8.54. The Morgan fingerprint density at radius 1 is 0.943 bits per heavy atom. The number of hydrazine groups is 1. The molecule has 2 heterocycles. The zero-order valence-electron chi connectivity index (χ0n) is 18.2. The summed E-state index contributed by atoms with van der Waals surface area (Å²) in [7, 11) is 0. The number of carbonyl (C=O) groups excluding carboxylic acids is 2. The molecule has 5 aromatic rings. The van der Waals surface area contributed by atoms with E-state index in [9.17, 15) is 14.0 Å². The molecule has 0 unspecified atom stereocenters. The largest absolute Gasteiger partial charge is 0.333 e. The number of aromatic amines is 1. The molecule has 10 heteroatoms. The van der Waals surface area contributed by atoms with E-state index in [2.05, 4.69) is 25.9 Å². The summed E-state index contributed by atoms with van der Waals surface area (Å²) in [6, 6.07) is 22.2. The zero-order valence-corrected chi connectivity index (χ0v) is 19.1. The highest BCUT2D eigenvalue weighted by Crippen LogP contribution is 2.23. The minimum atomic E-state index is -0.590. The first-order valence-electron chi connectivity index (χ1n) is 10.6. The van der Waals surface area contributed by atoms with Crippen LogP contribution in [0.5, 0.6) is 0 Å². The standard InChI is InChI=1S/C25H19FN6O2S/c26-18-4-3-5-19(14-18)32-13-12-22(31-32)24(34)30-29-23(33)17-10-8-16(9-11-17)15-35-25-27-20-6-1-2-7-21(20)28-25/h1-14H,15H2,(H,27,28)(H,29,33)(H,30,34). The molecule has 0 radical (unpaired) electrons. The molecule has 3 N–H and O–H groups in total. The molecule has 0 saturated heterocycles. The van der Waals surface area contributed by atoms with Crippen molar-refractivity contribution in [2.45, 2.75) is 10.9 Å². The van der Waals surface area contributed by atoms with Crippen LogP contribution in [-0.2, 0) is 5.75 Å². The lowest BCUT2D eigenvalue weighted by molar-refractivity contribution is 0.0843. The van der Waals surface area contributed by atoms with Crippen LogP contribution in [-0.4, -0.2) is 31.6 Å². The fourth-order valence-electron chi connectivity index (χ4n) is 3.36. The molecule has 35 heavy (non-hydrogen) atoms. The van der Waals surface area contributed by atoms with Gasteiger partial charge in [0.15, 0.2) is 10.9 Å². The van der Waals surface area contributed by atoms with Gasteiger partial charge >= 0.3 is 0 Å². The quantitative estimate of drug-likeness (QED) is 0.246. The minimum absolute atomic E-state index is 0.0764. The second-order valence-electron chi connectivity index (χ2n) is 7.58. The number of benzene rings is 3. The van der Waals surface area contributed by atoms with Gasteiger partial charge < -0.3 is 4.98 Å². The summed E-state index contributed by atoms with van der Waals surface area (Å²) in [4.78, 5) is 32.6. The Balaban J connectivity index is 1.14. The number of imidazole rings is 1. The molecule has 5 rings (SSSR count). The van der Waals surface area contributed by atoms with Crippen LogP contribution >= 0.6 is 11.8 Å². The van der Waals surface area contributed by atoms with Crippen LogP contribution in [0.15, 0.2) is 90.2 Å². The Labute approximate surface area is 203 Å². The average molecular weight is 487 g/mol. The number of thioether (sulfide) groups is 1. The van der Waals surface area contributed by atoms with E-state index in [-0.39, 0.29) is 5.69 Å². The van der Waals surface area contributed by atoms with E-state index in [0.29, 0.717) is 17.0 Å². The van der Waals surface area contributed by atoms with E-state index in [1.807, 2.05) is 36.4 Å². The molecule has 0 fully saturated rings. The normalized spacial score (nSPS) is 10.9. The maximum Gasteiger partial charge on any atom is 0.290 e. The SMILES string of the molecule is O=C(NNC(=O)c1ccn(-c2cccc(F)c2)n1)c1ccc(CSc2nc3ccccc3[nH]2)cc1. The van der Waals surface area contributed by atoms with Gasteiger partial charge in [0.05, 0.1) is 16.7 Å². The molecule has 8 nitrogen and oxygen atoms in total. The topological polar surface area (TPSA) is 105 Å². The first-order chi connectivity index (χ1) is 17.0. The Bertz CT molecular complexity index is 1480. The highest BCUT2D eigenvalue weighted by atomic mass is 32.2. The first kappa shape index (κ1) is 22.4. The lowest BCUT2D eigenvalue weighted by atomic mass is 10.1. The lowest BCUT2D eigenvalue weighted by Crippen LogP contribution is -2.41. The number of fused-ring (bicyclic) bond motifs is 1. The fraction of sp³-hybridized carbons (Fsp3) is 0.0400. The third-order valence-corrected chi connectivity index (χ3v) is 6.09. The molecule has 0 bridgehead atoms. The molecule has 2 aromatic heterocycles. The number of carbonyl (C=O) groups is 2. The van der Waals surface area contributed by atoms with E-state index in [0.717, 1.165) is 21.8 Å². The summed E-state index contributed by atoms with van der Waals surface area (Å²) in [5.41, 5.74) is 8.61. The van der Waals surface area contributed by atoms with Gasteiger partial charge in [0.1, 0.15) is 5.82 Å². The van der Waals surface area contributed by atoms with Crippen LogP contribution < -0.4 is 10.9 Å². The smallest absolute Gasteiger partial charge is 0.290 e. The van der Waals surface area contributed by atoms with Crippen LogP contribution in [0.3, 0.4) is 0 Å². The summed E-state index contributed by atoms with van der Waals surface area (Å²) < 4.78 is 14.8. The van der Waals surface area contributed by atoms with Gasteiger partial charge in [0.2, 0.25) is 0 Å². The molecule has 0 aliphatic heterocycles. The highest BCUT2D eigenvalue weighted by Gasteiger charge is 2.13. The third-order valence-electron chi connectivity index (χ3n) is 5.14. The number of para-hydroxylation sites is 2. The van der Waals surface area contributed by atoms with E-state index in [1.165, 1.54) is 29.1 Å². The Kier molecular flexibility index (Phi) is 6.27. The van der Waals surface area contributed by atoms with Gasteiger partial charge in [0, 0.05) is 17.5 Å². The second kappa shape index (κ2) is 9.82. The van der Waals surface area contributed by atoms with Crippen molar-refractivity contribution in [1.82, 2.24) is 30.6 Å². The van der Waals surface area contributed by atoms with Crippen molar-refractivity contribution in [2.24, 2.45) is 0 Å². The number of nitrogens with one attached hydrogen (secondary N) is 3. The zero-order chi connectivity index (χ0) is 24.2. The summed E-state index contributed by atoms with van der Waals surface area (Å²) in [5, 5.41) is 4.95. The molecule has 0 atom stereocenters. The van der Waals surface area contributed by atoms with E-state index in [1.54, 1.807) is 36.0 Å². The Morgan fingerprint density at radius 3 is 2.54 bits per heavy atom. The Morgan fingerprint density at radius 2 is 1.74 bits per heavy atom. The molecular weight excluding hydrogens is 467 g/mol. The third kappa shape index (κ3) is 5.22. The van der Waals surface area contributed by atoms with Crippen molar-refractivity contribution in [2.75, 3.05) is 0 Å². The number of aromatic nitrogens is 4. The van der Waals surface area contributed by atoms with Gasteiger partial charge in [-0.2, -0.15) is 5.10 Å². The number of amides is 2. The monoisotopic (exact) mass is 486 g/mol. The molecule has 2 amide bonds. The summed E-state index contributed by atoms with van der Waals surface area (Å²) in [5.74, 6) is -0.769. The van der Waals surface area contributed by atoms with Crippen molar-refractivity contribution in [3.63, 3.8) is 0 Å². The van der Waals surface area contributed by atoms with Gasteiger partial charge in [0.25, 0.3) is 11.8 Å². The van der Waals surface area contributed by atoms with Crippen LogP contribution in [0, 0.1) is 5.82 Å². The van der Waals surface area contributed by atoms with Crippen LogP contribution in [0.4, 0.5) is 4.39 Å². The van der Waals surface area contributed by atoms with Crippen LogP contribution in [0.1, 0.15) is 26.4 Å². The maximum atomic E-state index is 13.4. The van der Waals surface area contributed by atoms with E-state index >= 15 is 0 Å². The predicted molar refractivity (Wildman–Crippen MR) is 131 cm³/mol. The minimum Gasteiger partial charge on any atom is -0.333 e. The molecular formula is C25H19FN6O2S.